The highest BCUT2D eigenvalue weighted by Crippen LogP contribution is 1.95. The zero-order valence-electron chi connectivity index (χ0n) is 5.06. The third kappa shape index (κ3) is 1.46. The fourth-order valence-corrected chi connectivity index (χ4v) is 1.13. The molecule has 2 heteroatoms. The number of nitrogens with one attached hydrogen (secondary N) is 1. The first-order valence-electron chi connectivity index (χ1n) is 3.14. The molecule has 0 aromatic rings. The Morgan fingerprint density at radius 3 is 2.75 bits per heavy atom. The summed E-state index contributed by atoms with van der Waals surface area (Å²) in [7, 11) is 3.80. The second kappa shape index (κ2) is 2.46. The number of hydrogen-bond donors (Lipinski definition) is 2. The van der Waals surface area contributed by atoms with Crippen LogP contribution in [0.4, 0.5) is 0 Å². The van der Waals surface area contributed by atoms with Crippen molar-refractivity contribution in [3.63, 3.8) is 0 Å². The van der Waals surface area contributed by atoms with E-state index < -0.39 is 0 Å². The Kier molecular flexibility index (Phi) is 1.86. The Morgan fingerprint density at radius 2 is 2.38 bits per heavy atom. The van der Waals surface area contributed by atoms with Gasteiger partial charge in [-0.3, -0.25) is 0 Å². The molecule has 48 valence electrons. The SMILES string of the molecule is [CH2-][NH+]1CCCC(O)C1. The topological polar surface area (TPSA) is 24.7 Å². The van der Waals surface area contributed by atoms with Gasteiger partial charge in [-0.2, -0.15) is 7.05 Å². The van der Waals surface area contributed by atoms with E-state index in [-0.39, 0.29) is 6.10 Å². The van der Waals surface area contributed by atoms with Gasteiger partial charge in [0.1, 0.15) is 6.10 Å². The van der Waals surface area contributed by atoms with Gasteiger partial charge in [0.15, 0.2) is 0 Å². The summed E-state index contributed by atoms with van der Waals surface area (Å²) in [5.74, 6) is 0. The van der Waals surface area contributed by atoms with Gasteiger partial charge in [0.25, 0.3) is 0 Å². The smallest absolute Gasteiger partial charge is 0.101 e. The number of aliphatic hydroxyl groups excluding tert-OH is 1. The van der Waals surface area contributed by atoms with Crippen LogP contribution in [0.2, 0.25) is 0 Å². The average molecular weight is 115 g/mol. The lowest BCUT2D eigenvalue weighted by Crippen LogP contribution is -3.09. The summed E-state index contributed by atoms with van der Waals surface area (Å²) in [4.78, 5) is 1.21. The van der Waals surface area contributed by atoms with Crippen LogP contribution < -0.4 is 4.90 Å². The Hall–Kier alpha value is -0.0800. The van der Waals surface area contributed by atoms with Gasteiger partial charge in [-0.05, 0) is 12.8 Å². The lowest BCUT2D eigenvalue weighted by atomic mass is 10.1. The first kappa shape index (κ1) is 6.05. The van der Waals surface area contributed by atoms with Crippen molar-refractivity contribution in [2.75, 3.05) is 13.1 Å². The standard InChI is InChI=1S/C6H13NO/c1-7-4-2-3-6(8)5-7/h6-8H,1-5H2. The predicted molar refractivity (Wildman–Crippen MR) is 31.3 cm³/mol. The van der Waals surface area contributed by atoms with E-state index in [1.165, 1.54) is 4.90 Å². The van der Waals surface area contributed by atoms with Gasteiger partial charge < -0.3 is 10.0 Å². The minimum absolute atomic E-state index is 0.0868. The Balaban J connectivity index is 2.23. The normalized spacial score (nSPS) is 39.8. The summed E-state index contributed by atoms with van der Waals surface area (Å²) in [6, 6.07) is 0. The molecule has 0 amide bonds. The molecule has 1 aliphatic rings. The highest BCUT2D eigenvalue weighted by molar-refractivity contribution is 4.56. The molecule has 0 spiro atoms. The van der Waals surface area contributed by atoms with Crippen LogP contribution in [0, 0.1) is 7.05 Å². The van der Waals surface area contributed by atoms with E-state index in [0.29, 0.717) is 0 Å². The van der Waals surface area contributed by atoms with E-state index >= 15 is 0 Å². The third-order valence-corrected chi connectivity index (χ3v) is 1.59. The van der Waals surface area contributed by atoms with Gasteiger partial charge in [-0.15, -0.1) is 0 Å². The van der Waals surface area contributed by atoms with E-state index in [4.69, 9.17) is 5.11 Å². The van der Waals surface area contributed by atoms with E-state index in [0.717, 1.165) is 25.9 Å². The quantitative estimate of drug-likeness (QED) is 0.382. The number of quaternary nitrogens is 1. The summed E-state index contributed by atoms with van der Waals surface area (Å²) >= 11 is 0. The molecule has 0 aromatic heterocycles. The lowest BCUT2D eigenvalue weighted by molar-refractivity contribution is -0.863. The molecule has 0 aliphatic carbocycles. The maximum absolute atomic E-state index is 9.02. The lowest BCUT2D eigenvalue weighted by Gasteiger charge is -2.28. The minimum atomic E-state index is -0.0868. The molecule has 1 heterocycles. The molecule has 2 nitrogen and oxygen atoms in total. The van der Waals surface area contributed by atoms with E-state index in [9.17, 15) is 0 Å². The van der Waals surface area contributed by atoms with Gasteiger partial charge in [0.05, 0.1) is 13.1 Å². The Morgan fingerprint density at radius 1 is 1.62 bits per heavy atom. The van der Waals surface area contributed by atoms with Crippen molar-refractivity contribution in [2.24, 2.45) is 0 Å². The van der Waals surface area contributed by atoms with Crippen LogP contribution in [0.5, 0.6) is 0 Å². The van der Waals surface area contributed by atoms with Crippen molar-refractivity contribution >= 4 is 0 Å². The molecule has 2 N–H and O–H groups in total. The third-order valence-electron chi connectivity index (χ3n) is 1.59. The maximum atomic E-state index is 9.02. The molecular weight excluding hydrogens is 102 g/mol. The molecule has 0 saturated carbocycles. The molecule has 1 aliphatic heterocycles. The van der Waals surface area contributed by atoms with E-state index in [1.807, 2.05) is 0 Å². The van der Waals surface area contributed by atoms with Crippen LogP contribution >= 0.6 is 0 Å². The molecular formula is C6H13NO. The van der Waals surface area contributed by atoms with Crippen LogP contribution in [0.25, 0.3) is 0 Å². The van der Waals surface area contributed by atoms with Crippen LogP contribution in [-0.2, 0) is 0 Å². The highest BCUT2D eigenvalue weighted by atomic mass is 16.3. The molecule has 1 rings (SSSR count). The molecule has 1 fully saturated rings. The number of rotatable bonds is 0. The number of aliphatic hydroxyl groups is 1. The van der Waals surface area contributed by atoms with Crippen molar-refractivity contribution in [2.45, 2.75) is 18.9 Å². The summed E-state index contributed by atoms with van der Waals surface area (Å²) < 4.78 is 0. The van der Waals surface area contributed by atoms with Crippen molar-refractivity contribution in [1.29, 1.82) is 0 Å². The fraction of sp³-hybridized carbons (Fsp3) is 0.833. The van der Waals surface area contributed by atoms with E-state index in [1.54, 1.807) is 0 Å². The number of hydrogen-bond acceptors (Lipinski definition) is 1. The van der Waals surface area contributed by atoms with Crippen molar-refractivity contribution in [1.82, 2.24) is 0 Å². The summed E-state index contributed by atoms with van der Waals surface area (Å²) in [5, 5.41) is 9.02. The number of likely N-dealkylation sites (tertiary alicyclic amines) is 1. The van der Waals surface area contributed by atoms with Gasteiger partial charge >= 0.3 is 0 Å². The zero-order valence-corrected chi connectivity index (χ0v) is 5.06. The molecule has 0 aromatic carbocycles. The maximum Gasteiger partial charge on any atom is 0.101 e. The van der Waals surface area contributed by atoms with Gasteiger partial charge in [-0.1, -0.05) is 0 Å². The second-order valence-electron chi connectivity index (χ2n) is 2.50. The minimum Gasteiger partial charge on any atom is -0.466 e. The van der Waals surface area contributed by atoms with Crippen LogP contribution in [0.1, 0.15) is 12.8 Å². The van der Waals surface area contributed by atoms with Gasteiger partial charge in [-0.25, -0.2) is 0 Å². The van der Waals surface area contributed by atoms with Crippen molar-refractivity contribution < 1.29 is 10.0 Å². The van der Waals surface area contributed by atoms with Crippen LogP contribution in [0.3, 0.4) is 0 Å². The Bertz CT molecular complexity index is 66.9. The summed E-state index contributed by atoms with van der Waals surface area (Å²) in [6.07, 6.45) is 2.01. The largest absolute Gasteiger partial charge is 0.466 e. The number of piperidine rings is 1. The first-order chi connectivity index (χ1) is 3.79. The van der Waals surface area contributed by atoms with Gasteiger partial charge in [0.2, 0.25) is 0 Å². The molecule has 8 heavy (non-hydrogen) atoms. The molecule has 2 atom stereocenters. The molecule has 1 saturated heterocycles. The Labute approximate surface area is 50.1 Å². The van der Waals surface area contributed by atoms with Crippen LogP contribution in [-0.4, -0.2) is 24.3 Å². The zero-order chi connectivity index (χ0) is 5.98. The average Bonchev–Trinajstić information content (AvgIpc) is 1.64. The fourth-order valence-electron chi connectivity index (χ4n) is 1.13. The summed E-state index contributed by atoms with van der Waals surface area (Å²) in [6.45, 7) is 1.96. The first-order valence-corrected chi connectivity index (χ1v) is 3.14. The molecule has 2 unspecified atom stereocenters. The second-order valence-corrected chi connectivity index (χ2v) is 2.50. The molecule has 0 bridgehead atoms. The van der Waals surface area contributed by atoms with Crippen LogP contribution in [0.15, 0.2) is 0 Å². The van der Waals surface area contributed by atoms with Crippen molar-refractivity contribution in [3.8, 4) is 0 Å². The predicted octanol–water partition coefficient (Wildman–Crippen LogP) is -1.18. The monoisotopic (exact) mass is 115 g/mol. The molecule has 0 radical (unpaired) electrons. The van der Waals surface area contributed by atoms with Crippen molar-refractivity contribution in [3.05, 3.63) is 7.05 Å². The van der Waals surface area contributed by atoms with Gasteiger partial charge in [0, 0.05) is 0 Å². The summed E-state index contributed by atoms with van der Waals surface area (Å²) in [5.41, 5.74) is 0. The van der Waals surface area contributed by atoms with E-state index in [2.05, 4.69) is 7.05 Å². The highest BCUT2D eigenvalue weighted by Gasteiger charge is 2.13.